The molecule has 0 spiro atoms. The lowest BCUT2D eigenvalue weighted by Crippen LogP contribution is -2.60. The quantitative estimate of drug-likeness (QED) is 0.782. The number of halogens is 2. The Morgan fingerprint density at radius 3 is 2.22 bits per heavy atom. The monoisotopic (exact) mass is 329 g/mol. The summed E-state index contributed by atoms with van der Waals surface area (Å²) in [5.74, 6) is -1.10. The van der Waals surface area contributed by atoms with Crippen molar-refractivity contribution < 1.29 is 24.1 Å². The molecule has 2 rings (SSSR count). The Kier molecular flexibility index (Phi) is 5.73. The van der Waals surface area contributed by atoms with Gasteiger partial charge in [-0.05, 0) is 37.0 Å². The van der Waals surface area contributed by atoms with Gasteiger partial charge < -0.3 is 15.3 Å². The Bertz CT molecular complexity index is 530. The van der Waals surface area contributed by atoms with Crippen LogP contribution in [0.2, 0.25) is 0 Å². The van der Waals surface area contributed by atoms with Gasteiger partial charge in [0, 0.05) is 24.7 Å². The van der Waals surface area contributed by atoms with Gasteiger partial charge in [-0.1, -0.05) is 13.8 Å². The molecule has 4 nitrogen and oxygen atoms in total. The number of aliphatic hydroxyl groups is 3. The summed E-state index contributed by atoms with van der Waals surface area (Å²) in [6.07, 6.45) is -3.22. The van der Waals surface area contributed by atoms with Crippen molar-refractivity contribution in [3.05, 3.63) is 34.9 Å². The van der Waals surface area contributed by atoms with E-state index in [2.05, 4.69) is 0 Å². The van der Waals surface area contributed by atoms with Crippen molar-refractivity contribution in [1.29, 1.82) is 0 Å². The van der Waals surface area contributed by atoms with E-state index in [0.29, 0.717) is 5.56 Å². The molecule has 23 heavy (non-hydrogen) atoms. The van der Waals surface area contributed by atoms with Crippen LogP contribution in [-0.4, -0.2) is 57.7 Å². The lowest BCUT2D eigenvalue weighted by Gasteiger charge is -2.42. The van der Waals surface area contributed by atoms with Crippen LogP contribution in [-0.2, 0) is 6.42 Å². The second-order valence-corrected chi connectivity index (χ2v) is 6.65. The van der Waals surface area contributed by atoms with Crippen LogP contribution in [0.3, 0.4) is 0 Å². The normalized spacial score (nSPS) is 29.3. The molecule has 0 unspecified atom stereocenters. The lowest BCUT2D eigenvalue weighted by molar-refractivity contribution is -0.132. The maximum atomic E-state index is 14.1. The molecule has 0 amide bonds. The minimum Gasteiger partial charge on any atom is -0.389 e. The van der Waals surface area contributed by atoms with Crippen LogP contribution in [0.4, 0.5) is 8.78 Å². The number of likely N-dealkylation sites (tertiary alicyclic amines) is 1. The number of aliphatic hydroxyl groups excluding tert-OH is 3. The van der Waals surface area contributed by atoms with Crippen molar-refractivity contribution >= 4 is 0 Å². The second kappa shape index (κ2) is 7.21. The zero-order valence-electron chi connectivity index (χ0n) is 13.7. The Hall–Kier alpha value is -1.08. The largest absolute Gasteiger partial charge is 0.389 e. The van der Waals surface area contributed by atoms with Crippen LogP contribution in [0.25, 0.3) is 0 Å². The molecule has 0 saturated carbocycles. The van der Waals surface area contributed by atoms with Gasteiger partial charge >= 0.3 is 0 Å². The molecule has 1 aromatic rings. The van der Waals surface area contributed by atoms with Crippen molar-refractivity contribution in [2.45, 2.75) is 57.5 Å². The molecule has 130 valence electrons. The second-order valence-electron chi connectivity index (χ2n) is 6.65. The molecule has 0 radical (unpaired) electrons. The van der Waals surface area contributed by atoms with Crippen LogP contribution in [0.1, 0.15) is 37.8 Å². The first-order valence-electron chi connectivity index (χ1n) is 7.98. The number of β-amino-alcohol motifs (C(OH)–C–C–N with tert-alkyl or cyclic N) is 1. The highest BCUT2D eigenvalue weighted by molar-refractivity contribution is 5.28. The van der Waals surface area contributed by atoms with Crippen molar-refractivity contribution in [3.63, 3.8) is 0 Å². The van der Waals surface area contributed by atoms with Gasteiger partial charge in [0.15, 0.2) is 0 Å². The fourth-order valence-corrected chi connectivity index (χ4v) is 2.99. The number of hydrogen-bond acceptors (Lipinski definition) is 4. The van der Waals surface area contributed by atoms with Gasteiger partial charge in [0.25, 0.3) is 0 Å². The van der Waals surface area contributed by atoms with E-state index in [-0.39, 0.29) is 31.0 Å². The third-order valence-corrected chi connectivity index (χ3v) is 4.71. The van der Waals surface area contributed by atoms with E-state index >= 15 is 0 Å². The van der Waals surface area contributed by atoms with Gasteiger partial charge in [-0.25, -0.2) is 8.78 Å². The molecule has 0 aliphatic carbocycles. The SMILES string of the molecule is CC(C)c1cc(F)c(CCN2C[C@H](O)[C@@H](O)[C@H](O)[C@H]2C)c(F)c1. The summed E-state index contributed by atoms with van der Waals surface area (Å²) in [6, 6.07) is 2.32. The maximum absolute atomic E-state index is 14.1. The zero-order valence-corrected chi connectivity index (χ0v) is 13.7. The van der Waals surface area contributed by atoms with Gasteiger partial charge in [0.05, 0.1) is 12.2 Å². The molecule has 0 aromatic heterocycles. The Morgan fingerprint density at radius 2 is 1.70 bits per heavy atom. The van der Waals surface area contributed by atoms with E-state index in [0.717, 1.165) is 0 Å². The summed E-state index contributed by atoms with van der Waals surface area (Å²) < 4.78 is 28.3. The van der Waals surface area contributed by atoms with Crippen LogP contribution in [0.15, 0.2) is 12.1 Å². The number of piperidine rings is 1. The summed E-state index contributed by atoms with van der Waals surface area (Å²) >= 11 is 0. The third-order valence-electron chi connectivity index (χ3n) is 4.71. The van der Waals surface area contributed by atoms with Crippen LogP contribution in [0, 0.1) is 11.6 Å². The van der Waals surface area contributed by atoms with E-state index in [1.165, 1.54) is 12.1 Å². The highest BCUT2D eigenvalue weighted by atomic mass is 19.1. The van der Waals surface area contributed by atoms with Crippen molar-refractivity contribution in [3.8, 4) is 0 Å². The average molecular weight is 329 g/mol. The molecule has 1 saturated heterocycles. The van der Waals surface area contributed by atoms with Crippen LogP contribution < -0.4 is 0 Å². The van der Waals surface area contributed by atoms with E-state index in [1.54, 1.807) is 11.8 Å². The number of hydrogen-bond donors (Lipinski definition) is 3. The standard InChI is InChI=1S/C17H25F2NO3/c1-9(2)11-6-13(18)12(14(19)7-11)4-5-20-8-15(21)17(23)16(22)10(20)3/h6-7,9-10,15-17,21-23H,4-5,8H2,1-3H3/t10-,15+,16-,17-/m1/s1. The number of rotatable bonds is 4. The first-order chi connectivity index (χ1) is 10.7. The first kappa shape index (κ1) is 18.3. The third kappa shape index (κ3) is 3.88. The summed E-state index contributed by atoms with van der Waals surface area (Å²) in [7, 11) is 0. The maximum Gasteiger partial charge on any atom is 0.129 e. The number of benzene rings is 1. The van der Waals surface area contributed by atoms with Crippen molar-refractivity contribution in [2.75, 3.05) is 13.1 Å². The molecule has 1 heterocycles. The average Bonchev–Trinajstić information content (AvgIpc) is 2.48. The molecular formula is C17H25F2NO3. The minimum atomic E-state index is -1.19. The predicted molar refractivity (Wildman–Crippen MR) is 83.2 cm³/mol. The molecule has 1 aliphatic heterocycles. The molecule has 1 fully saturated rings. The zero-order chi connectivity index (χ0) is 17.3. The Morgan fingerprint density at radius 1 is 1.13 bits per heavy atom. The molecule has 1 aliphatic rings. The van der Waals surface area contributed by atoms with E-state index in [9.17, 15) is 24.1 Å². The molecule has 3 N–H and O–H groups in total. The van der Waals surface area contributed by atoms with E-state index < -0.39 is 36.0 Å². The first-order valence-corrected chi connectivity index (χ1v) is 7.98. The van der Waals surface area contributed by atoms with Gasteiger partial charge in [0.2, 0.25) is 0 Å². The molecule has 1 aromatic carbocycles. The molecular weight excluding hydrogens is 304 g/mol. The Labute approximate surface area is 135 Å². The van der Waals surface area contributed by atoms with Gasteiger partial charge in [0.1, 0.15) is 17.7 Å². The summed E-state index contributed by atoms with van der Waals surface area (Å²) in [6.45, 7) is 5.91. The topological polar surface area (TPSA) is 63.9 Å². The van der Waals surface area contributed by atoms with Crippen molar-refractivity contribution in [1.82, 2.24) is 4.90 Å². The van der Waals surface area contributed by atoms with Gasteiger partial charge in [-0.3, -0.25) is 4.90 Å². The molecule has 0 bridgehead atoms. The minimum absolute atomic E-state index is 0.0108. The fraction of sp³-hybridized carbons (Fsp3) is 0.647. The summed E-state index contributed by atoms with van der Waals surface area (Å²) in [5.41, 5.74) is 0.626. The van der Waals surface area contributed by atoms with E-state index in [4.69, 9.17) is 0 Å². The Balaban J connectivity index is 2.09. The van der Waals surface area contributed by atoms with Crippen LogP contribution >= 0.6 is 0 Å². The summed E-state index contributed by atoms with van der Waals surface area (Å²) in [5, 5.41) is 29.3. The molecule has 4 atom stereocenters. The predicted octanol–water partition coefficient (Wildman–Crippen LogP) is 1.42. The van der Waals surface area contributed by atoms with E-state index in [1.807, 2.05) is 13.8 Å². The lowest BCUT2D eigenvalue weighted by atomic mass is 9.94. The summed E-state index contributed by atoms with van der Waals surface area (Å²) in [4.78, 5) is 1.73. The fourth-order valence-electron chi connectivity index (χ4n) is 2.99. The van der Waals surface area contributed by atoms with Gasteiger partial charge in [-0.2, -0.15) is 0 Å². The van der Waals surface area contributed by atoms with Crippen molar-refractivity contribution in [2.24, 2.45) is 0 Å². The van der Waals surface area contributed by atoms with Crippen LogP contribution in [0.5, 0.6) is 0 Å². The number of nitrogens with zero attached hydrogens (tertiary/aromatic N) is 1. The highest BCUT2D eigenvalue weighted by Crippen LogP contribution is 2.23. The smallest absolute Gasteiger partial charge is 0.129 e. The highest BCUT2D eigenvalue weighted by Gasteiger charge is 2.38. The van der Waals surface area contributed by atoms with Gasteiger partial charge in [-0.15, -0.1) is 0 Å². The molecule has 6 heteroatoms.